The first-order valence-corrected chi connectivity index (χ1v) is 10.1. The molecule has 0 unspecified atom stereocenters. The number of hydrogen-bond acceptors (Lipinski definition) is 4. The van der Waals surface area contributed by atoms with Crippen LogP contribution in [0.5, 0.6) is 5.75 Å². The number of para-hydroxylation sites is 1. The zero-order valence-corrected chi connectivity index (χ0v) is 15.9. The standard InChI is InChI=1S/C23H20N2OS/c1-26-18-13-11-16(12-14-18)23-20-15-27-21-10-6-5-9-19(21)22(20)24-25(23)17-7-3-2-4-8-17/h2-14,20,23H,15H2,1H3/t20-,23+/m0/s1. The molecule has 0 aliphatic carbocycles. The Morgan fingerprint density at radius 3 is 2.44 bits per heavy atom. The molecule has 0 amide bonds. The number of ether oxygens (including phenoxy) is 1. The Morgan fingerprint density at radius 2 is 1.67 bits per heavy atom. The zero-order chi connectivity index (χ0) is 18.2. The van der Waals surface area contributed by atoms with Crippen LogP contribution in [0.2, 0.25) is 0 Å². The summed E-state index contributed by atoms with van der Waals surface area (Å²) in [6.45, 7) is 0. The maximum absolute atomic E-state index is 5.35. The molecule has 27 heavy (non-hydrogen) atoms. The van der Waals surface area contributed by atoms with E-state index < -0.39 is 0 Å². The van der Waals surface area contributed by atoms with Gasteiger partial charge in [-0.1, -0.05) is 48.5 Å². The zero-order valence-electron chi connectivity index (χ0n) is 15.1. The second kappa shape index (κ2) is 6.78. The summed E-state index contributed by atoms with van der Waals surface area (Å²) in [7, 11) is 1.71. The van der Waals surface area contributed by atoms with Crippen molar-refractivity contribution in [2.45, 2.75) is 10.9 Å². The van der Waals surface area contributed by atoms with Crippen molar-refractivity contribution in [1.82, 2.24) is 0 Å². The van der Waals surface area contributed by atoms with Crippen molar-refractivity contribution >= 4 is 23.2 Å². The van der Waals surface area contributed by atoms with E-state index in [0.717, 1.165) is 17.2 Å². The summed E-state index contributed by atoms with van der Waals surface area (Å²) in [5.41, 5.74) is 4.87. The van der Waals surface area contributed by atoms with Gasteiger partial charge in [-0.2, -0.15) is 5.10 Å². The van der Waals surface area contributed by atoms with Crippen molar-refractivity contribution in [1.29, 1.82) is 0 Å². The van der Waals surface area contributed by atoms with Gasteiger partial charge < -0.3 is 4.74 Å². The first-order chi connectivity index (χ1) is 13.3. The number of methoxy groups -OCH3 is 1. The molecule has 2 heterocycles. The van der Waals surface area contributed by atoms with Gasteiger partial charge in [0.25, 0.3) is 0 Å². The monoisotopic (exact) mass is 372 g/mol. The van der Waals surface area contributed by atoms with Gasteiger partial charge in [0.1, 0.15) is 5.75 Å². The van der Waals surface area contributed by atoms with Crippen molar-refractivity contribution in [3.8, 4) is 5.75 Å². The van der Waals surface area contributed by atoms with E-state index >= 15 is 0 Å². The average Bonchev–Trinajstić information content (AvgIpc) is 3.14. The Hall–Kier alpha value is -2.72. The molecule has 4 heteroatoms. The van der Waals surface area contributed by atoms with E-state index in [-0.39, 0.29) is 6.04 Å². The summed E-state index contributed by atoms with van der Waals surface area (Å²) >= 11 is 1.94. The molecule has 3 aromatic rings. The fraction of sp³-hybridized carbons (Fsp3) is 0.174. The van der Waals surface area contributed by atoms with Crippen molar-refractivity contribution in [2.75, 3.05) is 17.9 Å². The number of hydrogen-bond donors (Lipinski definition) is 0. The molecule has 0 radical (unpaired) electrons. The molecule has 134 valence electrons. The van der Waals surface area contributed by atoms with Crippen molar-refractivity contribution in [3.05, 3.63) is 90.0 Å². The van der Waals surface area contributed by atoms with Gasteiger partial charge in [0.05, 0.1) is 24.6 Å². The first kappa shape index (κ1) is 16.5. The number of anilines is 1. The molecule has 2 aliphatic heterocycles. The van der Waals surface area contributed by atoms with Gasteiger partial charge in [0.2, 0.25) is 0 Å². The fourth-order valence-corrected chi connectivity index (χ4v) is 5.16. The van der Waals surface area contributed by atoms with Crippen LogP contribution < -0.4 is 9.75 Å². The van der Waals surface area contributed by atoms with Gasteiger partial charge in [-0.3, -0.25) is 5.01 Å². The fourth-order valence-electron chi connectivity index (χ4n) is 3.95. The highest BCUT2D eigenvalue weighted by molar-refractivity contribution is 7.99. The van der Waals surface area contributed by atoms with Crippen LogP contribution in [0, 0.1) is 5.92 Å². The van der Waals surface area contributed by atoms with Crippen LogP contribution in [-0.4, -0.2) is 18.6 Å². The lowest BCUT2D eigenvalue weighted by molar-refractivity contribution is 0.414. The highest BCUT2D eigenvalue weighted by Gasteiger charge is 2.42. The van der Waals surface area contributed by atoms with Crippen LogP contribution in [0.1, 0.15) is 17.2 Å². The Bertz CT molecular complexity index is 985. The molecule has 2 atom stereocenters. The second-order valence-electron chi connectivity index (χ2n) is 6.80. The third-order valence-corrected chi connectivity index (χ3v) is 6.46. The number of hydrazone groups is 1. The molecule has 2 aliphatic rings. The third-order valence-electron chi connectivity index (χ3n) is 5.27. The second-order valence-corrected chi connectivity index (χ2v) is 7.86. The van der Waals surface area contributed by atoms with E-state index in [9.17, 15) is 0 Å². The SMILES string of the molecule is COc1ccc([C@@H]2[C@H]3CSc4ccccc4C3=NN2c2ccccc2)cc1. The van der Waals surface area contributed by atoms with Crippen molar-refractivity contribution < 1.29 is 4.74 Å². The predicted octanol–water partition coefficient (Wildman–Crippen LogP) is 5.38. The number of rotatable bonds is 3. The minimum absolute atomic E-state index is 0.189. The number of nitrogens with zero attached hydrogens (tertiary/aromatic N) is 2. The molecule has 0 fully saturated rings. The molecule has 0 aromatic heterocycles. The van der Waals surface area contributed by atoms with Crippen LogP contribution in [-0.2, 0) is 0 Å². The molecule has 0 bridgehead atoms. The highest BCUT2D eigenvalue weighted by Crippen LogP contribution is 2.47. The minimum atomic E-state index is 0.189. The quantitative estimate of drug-likeness (QED) is 0.617. The number of benzene rings is 3. The summed E-state index contributed by atoms with van der Waals surface area (Å²) < 4.78 is 5.35. The van der Waals surface area contributed by atoms with Crippen LogP contribution >= 0.6 is 11.8 Å². The molecule has 0 saturated heterocycles. The number of thioether (sulfide) groups is 1. The maximum atomic E-state index is 5.35. The van der Waals surface area contributed by atoms with E-state index in [1.54, 1.807) is 7.11 Å². The van der Waals surface area contributed by atoms with Crippen molar-refractivity contribution in [3.63, 3.8) is 0 Å². The summed E-state index contributed by atoms with van der Waals surface area (Å²) in [5.74, 6) is 2.28. The minimum Gasteiger partial charge on any atom is -0.497 e. The smallest absolute Gasteiger partial charge is 0.118 e. The molecule has 0 N–H and O–H groups in total. The third kappa shape index (κ3) is 2.81. The Balaban J connectivity index is 1.62. The van der Waals surface area contributed by atoms with Crippen molar-refractivity contribution in [2.24, 2.45) is 11.0 Å². The van der Waals surface area contributed by atoms with Gasteiger partial charge in [-0.15, -0.1) is 11.8 Å². The average molecular weight is 372 g/mol. The Morgan fingerprint density at radius 1 is 0.926 bits per heavy atom. The van der Waals surface area contributed by atoms with Gasteiger partial charge in [0, 0.05) is 22.1 Å². The molecule has 0 saturated carbocycles. The predicted molar refractivity (Wildman–Crippen MR) is 112 cm³/mol. The Labute approximate surface area is 163 Å². The van der Waals surface area contributed by atoms with Crippen LogP contribution in [0.4, 0.5) is 5.69 Å². The molecular formula is C23H20N2OS. The summed E-state index contributed by atoms with van der Waals surface area (Å²) in [6, 6.07) is 27.7. The van der Waals surface area contributed by atoms with Gasteiger partial charge in [-0.25, -0.2) is 0 Å². The maximum Gasteiger partial charge on any atom is 0.118 e. The molecule has 0 spiro atoms. The van der Waals surface area contributed by atoms with Crippen LogP contribution in [0.3, 0.4) is 0 Å². The lowest BCUT2D eigenvalue weighted by Crippen LogP contribution is -2.29. The van der Waals surface area contributed by atoms with E-state index in [1.165, 1.54) is 21.7 Å². The Kier molecular flexibility index (Phi) is 4.13. The van der Waals surface area contributed by atoms with E-state index in [1.807, 2.05) is 30.0 Å². The summed E-state index contributed by atoms with van der Waals surface area (Å²) in [6.07, 6.45) is 0. The largest absolute Gasteiger partial charge is 0.497 e. The van der Waals surface area contributed by atoms with Gasteiger partial charge in [0.15, 0.2) is 0 Å². The molecular weight excluding hydrogens is 352 g/mol. The van der Waals surface area contributed by atoms with Crippen LogP contribution in [0.15, 0.2) is 88.9 Å². The molecule has 5 rings (SSSR count). The normalized spacial score (nSPS) is 20.6. The van der Waals surface area contributed by atoms with E-state index in [4.69, 9.17) is 9.84 Å². The van der Waals surface area contributed by atoms with Gasteiger partial charge >= 0.3 is 0 Å². The van der Waals surface area contributed by atoms with Crippen LogP contribution in [0.25, 0.3) is 0 Å². The van der Waals surface area contributed by atoms with Gasteiger partial charge in [-0.05, 0) is 35.9 Å². The van der Waals surface area contributed by atoms with E-state index in [2.05, 4.69) is 65.7 Å². The molecule has 3 aromatic carbocycles. The van der Waals surface area contributed by atoms with E-state index in [0.29, 0.717) is 5.92 Å². The summed E-state index contributed by atoms with van der Waals surface area (Å²) in [5, 5.41) is 7.33. The topological polar surface area (TPSA) is 24.8 Å². The lowest BCUT2D eigenvalue weighted by Gasteiger charge is -2.30. The summed E-state index contributed by atoms with van der Waals surface area (Å²) in [4.78, 5) is 1.33. The lowest BCUT2D eigenvalue weighted by atomic mass is 9.88. The highest BCUT2D eigenvalue weighted by atomic mass is 32.2. The number of fused-ring (bicyclic) bond motifs is 3. The molecule has 3 nitrogen and oxygen atoms in total. The first-order valence-electron chi connectivity index (χ1n) is 9.14.